The van der Waals surface area contributed by atoms with Crippen LogP contribution in [0.25, 0.3) is 0 Å². The van der Waals surface area contributed by atoms with Crippen molar-refractivity contribution < 1.29 is 0 Å². The van der Waals surface area contributed by atoms with E-state index in [0.29, 0.717) is 0 Å². The summed E-state index contributed by atoms with van der Waals surface area (Å²) in [5, 5.41) is 3.56. The molecule has 1 heteroatoms. The van der Waals surface area contributed by atoms with Gasteiger partial charge < -0.3 is 5.32 Å². The minimum Gasteiger partial charge on any atom is -0.314 e. The second-order valence-electron chi connectivity index (χ2n) is 5.26. The summed E-state index contributed by atoms with van der Waals surface area (Å²) in [6.07, 6.45) is 1.38. The van der Waals surface area contributed by atoms with Gasteiger partial charge in [0.2, 0.25) is 0 Å². The van der Waals surface area contributed by atoms with Crippen molar-refractivity contribution in [3.05, 3.63) is 0 Å². The van der Waals surface area contributed by atoms with E-state index in [-0.39, 0.29) is 0 Å². The molecule has 0 aromatic carbocycles. The second kappa shape index (κ2) is 4.45. The van der Waals surface area contributed by atoms with Gasteiger partial charge in [-0.25, -0.2) is 0 Å². The van der Waals surface area contributed by atoms with Crippen LogP contribution in [0.5, 0.6) is 0 Å². The summed E-state index contributed by atoms with van der Waals surface area (Å²) in [4.78, 5) is 0. The molecule has 0 saturated carbocycles. The molecule has 1 aliphatic heterocycles. The monoisotopic (exact) mass is 183 g/mol. The van der Waals surface area contributed by atoms with E-state index in [0.717, 1.165) is 29.7 Å². The number of rotatable bonds is 3. The molecular formula is C12H25N. The van der Waals surface area contributed by atoms with Crippen LogP contribution in [0.4, 0.5) is 0 Å². The van der Waals surface area contributed by atoms with E-state index in [1.807, 2.05) is 0 Å². The van der Waals surface area contributed by atoms with E-state index in [2.05, 4.69) is 39.9 Å². The maximum absolute atomic E-state index is 3.56. The average molecular weight is 183 g/mol. The summed E-state index contributed by atoms with van der Waals surface area (Å²) in [5.74, 6) is 3.45. The Kier molecular flexibility index (Phi) is 3.78. The van der Waals surface area contributed by atoms with Crippen molar-refractivity contribution in [3.63, 3.8) is 0 Å². The Balaban J connectivity index is 2.63. The van der Waals surface area contributed by atoms with Crippen molar-refractivity contribution >= 4 is 0 Å². The lowest BCUT2D eigenvalue weighted by molar-refractivity contribution is 0.176. The third-order valence-corrected chi connectivity index (χ3v) is 3.62. The van der Waals surface area contributed by atoms with Gasteiger partial charge in [-0.05, 0) is 43.6 Å². The Morgan fingerprint density at radius 1 is 1.08 bits per heavy atom. The molecule has 0 radical (unpaired) electrons. The van der Waals surface area contributed by atoms with Gasteiger partial charge in [-0.15, -0.1) is 0 Å². The molecule has 1 N–H and O–H groups in total. The lowest BCUT2D eigenvalue weighted by atomic mass is 9.73. The fourth-order valence-corrected chi connectivity index (χ4v) is 3.16. The van der Waals surface area contributed by atoms with Crippen LogP contribution in [-0.2, 0) is 0 Å². The summed E-state index contributed by atoms with van der Waals surface area (Å²) in [6, 6.07) is 0.731. The average Bonchev–Trinajstić information content (AvgIpc) is 2.35. The number of hydrogen-bond acceptors (Lipinski definition) is 1. The maximum atomic E-state index is 3.56. The smallest absolute Gasteiger partial charge is 0.00703 e. The summed E-state index contributed by atoms with van der Waals surface area (Å²) in [6.45, 7) is 13.0. The molecule has 0 aliphatic carbocycles. The Morgan fingerprint density at radius 2 is 1.62 bits per heavy atom. The van der Waals surface area contributed by atoms with Gasteiger partial charge in [0.1, 0.15) is 0 Å². The van der Waals surface area contributed by atoms with Crippen molar-refractivity contribution in [2.45, 2.75) is 47.1 Å². The van der Waals surface area contributed by atoms with E-state index >= 15 is 0 Å². The second-order valence-corrected chi connectivity index (χ2v) is 5.26. The van der Waals surface area contributed by atoms with Crippen LogP contribution < -0.4 is 5.32 Å². The van der Waals surface area contributed by atoms with Crippen LogP contribution in [0.2, 0.25) is 0 Å². The first-order valence-electron chi connectivity index (χ1n) is 5.77. The van der Waals surface area contributed by atoms with Gasteiger partial charge in [0.05, 0.1) is 0 Å². The van der Waals surface area contributed by atoms with Gasteiger partial charge in [-0.2, -0.15) is 0 Å². The van der Waals surface area contributed by atoms with E-state index < -0.39 is 0 Å². The molecule has 78 valence electrons. The largest absolute Gasteiger partial charge is 0.314 e. The first-order valence-corrected chi connectivity index (χ1v) is 5.77. The first kappa shape index (κ1) is 11.0. The Bertz CT molecular complexity index is 143. The SMILES string of the molecule is CC(C)C(C(C)C)C1CCNC1C. The molecule has 1 aliphatic rings. The highest BCUT2D eigenvalue weighted by molar-refractivity contribution is 4.87. The molecule has 1 saturated heterocycles. The fourth-order valence-electron chi connectivity index (χ4n) is 3.16. The van der Waals surface area contributed by atoms with E-state index in [1.54, 1.807) is 0 Å². The van der Waals surface area contributed by atoms with Crippen LogP contribution in [0.3, 0.4) is 0 Å². The molecule has 2 atom stereocenters. The first-order chi connectivity index (χ1) is 6.04. The molecule has 2 unspecified atom stereocenters. The van der Waals surface area contributed by atoms with Crippen LogP contribution in [0.15, 0.2) is 0 Å². The molecule has 1 rings (SSSR count). The minimum atomic E-state index is 0.731. The molecule has 0 amide bonds. The molecule has 0 aromatic heterocycles. The molecule has 0 bridgehead atoms. The molecule has 0 spiro atoms. The maximum Gasteiger partial charge on any atom is 0.00703 e. The van der Waals surface area contributed by atoms with Crippen molar-refractivity contribution in [2.75, 3.05) is 6.54 Å². The lowest BCUT2D eigenvalue weighted by Crippen LogP contribution is -2.33. The predicted molar refractivity (Wildman–Crippen MR) is 58.7 cm³/mol. The molecule has 1 heterocycles. The number of nitrogens with one attached hydrogen (secondary N) is 1. The zero-order valence-electron chi connectivity index (χ0n) is 9.80. The Morgan fingerprint density at radius 3 is 1.92 bits per heavy atom. The fraction of sp³-hybridized carbons (Fsp3) is 1.00. The van der Waals surface area contributed by atoms with Crippen LogP contribution >= 0.6 is 0 Å². The topological polar surface area (TPSA) is 12.0 Å². The van der Waals surface area contributed by atoms with E-state index in [9.17, 15) is 0 Å². The van der Waals surface area contributed by atoms with Gasteiger partial charge in [0, 0.05) is 6.04 Å². The van der Waals surface area contributed by atoms with Crippen molar-refractivity contribution in [3.8, 4) is 0 Å². The molecular weight excluding hydrogens is 158 g/mol. The van der Waals surface area contributed by atoms with Gasteiger partial charge in [0.15, 0.2) is 0 Å². The molecule has 0 aromatic rings. The number of hydrogen-bond donors (Lipinski definition) is 1. The third kappa shape index (κ3) is 2.46. The van der Waals surface area contributed by atoms with Gasteiger partial charge >= 0.3 is 0 Å². The van der Waals surface area contributed by atoms with Crippen molar-refractivity contribution in [1.82, 2.24) is 5.32 Å². The predicted octanol–water partition coefficient (Wildman–Crippen LogP) is 2.91. The van der Waals surface area contributed by atoms with Gasteiger partial charge in [0.25, 0.3) is 0 Å². The van der Waals surface area contributed by atoms with E-state index in [4.69, 9.17) is 0 Å². The van der Waals surface area contributed by atoms with Crippen LogP contribution in [-0.4, -0.2) is 12.6 Å². The molecule has 1 nitrogen and oxygen atoms in total. The summed E-state index contributed by atoms with van der Waals surface area (Å²) >= 11 is 0. The highest BCUT2D eigenvalue weighted by Gasteiger charge is 2.33. The summed E-state index contributed by atoms with van der Waals surface area (Å²) in [7, 11) is 0. The Hall–Kier alpha value is -0.0400. The van der Waals surface area contributed by atoms with Crippen LogP contribution in [0.1, 0.15) is 41.0 Å². The highest BCUT2D eigenvalue weighted by atomic mass is 14.9. The van der Waals surface area contributed by atoms with Crippen molar-refractivity contribution in [1.29, 1.82) is 0 Å². The molecule has 13 heavy (non-hydrogen) atoms. The van der Waals surface area contributed by atoms with Gasteiger partial charge in [-0.3, -0.25) is 0 Å². The van der Waals surface area contributed by atoms with Crippen LogP contribution in [0, 0.1) is 23.7 Å². The van der Waals surface area contributed by atoms with E-state index in [1.165, 1.54) is 13.0 Å². The minimum absolute atomic E-state index is 0.731. The quantitative estimate of drug-likeness (QED) is 0.709. The molecule has 1 fully saturated rings. The third-order valence-electron chi connectivity index (χ3n) is 3.62. The zero-order valence-corrected chi connectivity index (χ0v) is 9.80. The summed E-state index contributed by atoms with van der Waals surface area (Å²) < 4.78 is 0. The van der Waals surface area contributed by atoms with Gasteiger partial charge in [-0.1, -0.05) is 27.7 Å². The highest BCUT2D eigenvalue weighted by Crippen LogP contribution is 2.34. The lowest BCUT2D eigenvalue weighted by Gasteiger charge is -2.33. The standard InChI is InChI=1S/C12H25N/c1-8(2)12(9(3)4)11-6-7-13-10(11)5/h8-13H,6-7H2,1-5H3. The van der Waals surface area contributed by atoms with Crippen molar-refractivity contribution in [2.24, 2.45) is 23.7 Å². The Labute approximate surface area is 83.3 Å². The summed E-state index contributed by atoms with van der Waals surface area (Å²) in [5.41, 5.74) is 0. The normalized spacial score (nSPS) is 29.5. The zero-order chi connectivity index (χ0) is 10.0.